The number of aromatic nitrogens is 2. The summed E-state index contributed by atoms with van der Waals surface area (Å²) in [4.78, 5) is 28.2. The SMILES string of the molecule is CN(C)CC[C@H](CSc1ccccc1)Nc1ccc(S(=O)(=O)Nc2ncnc3cc(N4CCN(Cc5ccc6ccccc6c5-c5ccc(Cl)cc5)CC4)ccc23)cc1[N+](=O)[O-]. The molecule has 2 heterocycles. The van der Waals surface area contributed by atoms with Crippen molar-refractivity contribution >= 4 is 77.9 Å². The van der Waals surface area contributed by atoms with Crippen molar-refractivity contribution in [3.63, 3.8) is 0 Å². The normalized spacial score (nSPS) is 14.0. The van der Waals surface area contributed by atoms with Gasteiger partial charge < -0.3 is 15.1 Å². The fourth-order valence-electron chi connectivity index (χ4n) is 7.82. The first-order valence-electron chi connectivity index (χ1n) is 20.4. The Kier molecular flexibility index (Phi) is 13.2. The number of hydrogen-bond acceptors (Lipinski definition) is 11. The van der Waals surface area contributed by atoms with Gasteiger partial charge in [-0.15, -0.1) is 11.8 Å². The maximum atomic E-state index is 13.8. The van der Waals surface area contributed by atoms with Crippen LogP contribution in [0.25, 0.3) is 32.8 Å². The van der Waals surface area contributed by atoms with Crippen molar-refractivity contribution in [1.82, 2.24) is 19.8 Å². The van der Waals surface area contributed by atoms with Gasteiger partial charge in [0.05, 0.1) is 15.3 Å². The first kappa shape index (κ1) is 42.9. The first-order valence-corrected chi connectivity index (χ1v) is 23.2. The van der Waals surface area contributed by atoms with E-state index in [1.54, 1.807) is 11.8 Å². The maximum Gasteiger partial charge on any atom is 0.293 e. The molecule has 62 heavy (non-hydrogen) atoms. The molecule has 1 saturated heterocycles. The molecule has 0 saturated carbocycles. The van der Waals surface area contributed by atoms with Crippen LogP contribution in [-0.4, -0.2) is 91.7 Å². The van der Waals surface area contributed by atoms with Crippen molar-refractivity contribution in [2.75, 3.05) is 67.5 Å². The van der Waals surface area contributed by atoms with Gasteiger partial charge in [0.25, 0.3) is 15.7 Å². The number of anilines is 3. The zero-order chi connectivity index (χ0) is 43.2. The average Bonchev–Trinajstić information content (AvgIpc) is 3.28. The topological polar surface area (TPSA) is 137 Å². The summed E-state index contributed by atoms with van der Waals surface area (Å²) in [5, 5.41) is 19.3. The second-order valence-electron chi connectivity index (χ2n) is 15.6. The number of thioether (sulfide) groups is 1. The van der Waals surface area contributed by atoms with Gasteiger partial charge in [-0.25, -0.2) is 18.4 Å². The third kappa shape index (κ3) is 10.1. The van der Waals surface area contributed by atoms with E-state index in [-0.39, 0.29) is 28.1 Å². The molecule has 12 nitrogen and oxygen atoms in total. The zero-order valence-electron chi connectivity index (χ0n) is 34.4. The lowest BCUT2D eigenvalue weighted by atomic mass is 9.93. The minimum absolute atomic E-state index is 0.0878. The van der Waals surface area contributed by atoms with Crippen LogP contribution in [0.1, 0.15) is 12.0 Å². The molecule has 1 aliphatic heterocycles. The van der Waals surface area contributed by atoms with Crippen molar-refractivity contribution in [1.29, 1.82) is 0 Å². The Labute approximate surface area is 371 Å². The van der Waals surface area contributed by atoms with Gasteiger partial charge in [0.1, 0.15) is 12.0 Å². The number of rotatable bonds is 16. The molecule has 8 rings (SSSR count). The number of hydrogen-bond donors (Lipinski definition) is 2. The minimum Gasteiger partial charge on any atom is -0.376 e. The molecule has 1 aromatic heterocycles. The number of fused-ring (bicyclic) bond motifs is 2. The number of nitrogens with zero attached hydrogens (tertiary/aromatic N) is 6. The van der Waals surface area contributed by atoms with Crippen molar-refractivity contribution in [3.05, 3.63) is 154 Å². The van der Waals surface area contributed by atoms with E-state index in [4.69, 9.17) is 11.6 Å². The summed E-state index contributed by atoms with van der Waals surface area (Å²) in [6.07, 6.45) is 2.05. The van der Waals surface area contributed by atoms with Gasteiger partial charge in [-0.2, -0.15) is 0 Å². The molecule has 6 aromatic carbocycles. The molecule has 0 aliphatic carbocycles. The molecule has 7 aromatic rings. The second kappa shape index (κ2) is 19.1. The lowest BCUT2D eigenvalue weighted by Gasteiger charge is -2.36. The minimum atomic E-state index is -4.28. The van der Waals surface area contributed by atoms with Crippen LogP contribution < -0.4 is 14.9 Å². The summed E-state index contributed by atoms with van der Waals surface area (Å²) in [7, 11) is -0.321. The van der Waals surface area contributed by atoms with E-state index in [0.717, 1.165) is 67.9 Å². The van der Waals surface area contributed by atoms with Crippen LogP contribution in [0, 0.1) is 10.1 Å². The van der Waals surface area contributed by atoms with Crippen molar-refractivity contribution in [2.24, 2.45) is 0 Å². The van der Waals surface area contributed by atoms with Crippen LogP contribution in [0.4, 0.5) is 22.9 Å². The predicted molar refractivity (Wildman–Crippen MR) is 253 cm³/mol. The van der Waals surface area contributed by atoms with Crippen LogP contribution in [-0.2, 0) is 16.6 Å². The highest BCUT2D eigenvalue weighted by Crippen LogP contribution is 2.35. The van der Waals surface area contributed by atoms with E-state index in [9.17, 15) is 18.5 Å². The van der Waals surface area contributed by atoms with Gasteiger partial charge in [-0.1, -0.05) is 78.3 Å². The van der Waals surface area contributed by atoms with Crippen LogP contribution in [0.5, 0.6) is 0 Å². The molecule has 1 atom stereocenters. The summed E-state index contributed by atoms with van der Waals surface area (Å²) in [6.45, 7) is 4.87. The Morgan fingerprint density at radius 1 is 0.855 bits per heavy atom. The smallest absolute Gasteiger partial charge is 0.293 e. The maximum absolute atomic E-state index is 13.8. The van der Waals surface area contributed by atoms with E-state index in [1.165, 1.54) is 40.4 Å². The fourth-order valence-corrected chi connectivity index (χ4v) is 9.99. The van der Waals surface area contributed by atoms with Gasteiger partial charge in [0, 0.05) is 71.6 Å². The highest BCUT2D eigenvalue weighted by molar-refractivity contribution is 7.99. The summed E-state index contributed by atoms with van der Waals surface area (Å²) < 4.78 is 30.2. The highest BCUT2D eigenvalue weighted by Gasteiger charge is 2.25. The predicted octanol–water partition coefficient (Wildman–Crippen LogP) is 9.66. The number of benzene rings is 6. The first-order chi connectivity index (χ1) is 30.0. The van der Waals surface area contributed by atoms with Gasteiger partial charge in [-0.3, -0.25) is 19.7 Å². The molecule has 2 N–H and O–H groups in total. The number of nitro benzene ring substituents is 1. The molecule has 0 amide bonds. The third-order valence-electron chi connectivity index (χ3n) is 11.1. The van der Waals surface area contributed by atoms with Crippen LogP contribution in [0.3, 0.4) is 0 Å². The van der Waals surface area contributed by atoms with Crippen molar-refractivity contribution in [2.45, 2.75) is 28.8 Å². The van der Waals surface area contributed by atoms with E-state index in [2.05, 4.69) is 83.2 Å². The Balaban J connectivity index is 0.950. The zero-order valence-corrected chi connectivity index (χ0v) is 36.8. The summed E-state index contributed by atoms with van der Waals surface area (Å²) >= 11 is 7.91. The van der Waals surface area contributed by atoms with Gasteiger partial charge >= 0.3 is 0 Å². The van der Waals surface area contributed by atoms with Crippen LogP contribution in [0.15, 0.2) is 144 Å². The second-order valence-corrected chi connectivity index (χ2v) is 18.8. The Morgan fingerprint density at radius 3 is 2.37 bits per heavy atom. The van der Waals surface area contributed by atoms with E-state index < -0.39 is 14.9 Å². The number of sulfonamides is 1. The molecule has 0 bridgehead atoms. The number of halogens is 1. The van der Waals surface area contributed by atoms with Crippen LogP contribution in [0.2, 0.25) is 5.02 Å². The summed E-state index contributed by atoms with van der Waals surface area (Å²) in [5.74, 6) is 0.748. The molecule has 1 aliphatic rings. The molecule has 1 fully saturated rings. The third-order valence-corrected chi connectivity index (χ3v) is 13.8. The summed E-state index contributed by atoms with van der Waals surface area (Å²) in [5.41, 5.74) is 5.10. The lowest BCUT2D eigenvalue weighted by molar-refractivity contribution is -0.384. The van der Waals surface area contributed by atoms with Gasteiger partial charge in [-0.05, 0) is 109 Å². The molecule has 15 heteroatoms. The monoisotopic (exact) mass is 886 g/mol. The molecular formula is C47H47ClN8O4S2. The Bertz CT molecular complexity index is 2810. The number of nitrogens with one attached hydrogen (secondary N) is 2. The molecule has 0 unspecified atom stereocenters. The molecular weight excluding hydrogens is 840 g/mol. The molecule has 0 spiro atoms. The van der Waals surface area contributed by atoms with E-state index >= 15 is 0 Å². The lowest BCUT2D eigenvalue weighted by Crippen LogP contribution is -2.46. The molecule has 0 radical (unpaired) electrons. The van der Waals surface area contributed by atoms with Gasteiger partial charge in [0.2, 0.25) is 0 Å². The largest absolute Gasteiger partial charge is 0.376 e. The number of piperazine rings is 1. The average molecular weight is 888 g/mol. The summed E-state index contributed by atoms with van der Waals surface area (Å²) in [6, 6.07) is 40.4. The Hall–Kier alpha value is -5.77. The van der Waals surface area contributed by atoms with Crippen LogP contribution >= 0.6 is 23.4 Å². The quantitative estimate of drug-likeness (QED) is 0.0545. The van der Waals surface area contributed by atoms with Gasteiger partial charge in [0.15, 0.2) is 5.82 Å². The standard InChI is InChI=1S/C47H47ClN8O4S2/c1-53(2)23-22-37(31-61-39-9-4-3-5-10-39)51-43-21-19-40(29-45(43)56(57)58)62(59,60)52-47-42-20-18-38(28-44(42)49-32-50-47)55-26-24-54(25-27-55)30-35-13-12-33-8-6-7-11-41(33)46(35)34-14-16-36(48)17-15-34/h3-21,28-29,32,37,51H,22-27,30-31H2,1-2H3,(H,49,50,52)/t37-/m1/s1. The molecule has 318 valence electrons. The van der Waals surface area contributed by atoms with Crippen molar-refractivity contribution in [3.8, 4) is 11.1 Å². The fraction of sp³-hybridized carbons (Fsp3) is 0.234. The van der Waals surface area contributed by atoms with E-state index in [1.807, 2.05) is 74.8 Å². The Morgan fingerprint density at radius 2 is 1.61 bits per heavy atom. The van der Waals surface area contributed by atoms with E-state index in [0.29, 0.717) is 21.7 Å². The van der Waals surface area contributed by atoms with Crippen molar-refractivity contribution < 1.29 is 13.3 Å². The number of nitro groups is 1. The highest BCUT2D eigenvalue weighted by atomic mass is 35.5.